The Morgan fingerprint density at radius 3 is 1.92 bits per heavy atom. The van der Waals surface area contributed by atoms with Crippen LogP contribution >= 0.6 is 11.6 Å². The van der Waals surface area contributed by atoms with Gasteiger partial charge in [-0.3, -0.25) is 0 Å². The summed E-state index contributed by atoms with van der Waals surface area (Å²) in [6.45, 7) is 12.0. The second-order valence-electron chi connectivity index (χ2n) is 4.60. The molecule has 0 rings (SSSR count). The monoisotopic (exact) mass is 207 g/mol. The first-order valence-corrected chi connectivity index (χ1v) is 6.08. The van der Waals surface area contributed by atoms with Crippen LogP contribution in [-0.2, 0) is 0 Å². The fourth-order valence-electron chi connectivity index (χ4n) is 1.37. The topological polar surface area (TPSA) is 12.0 Å². The molecule has 0 fully saturated rings. The Bertz CT molecular complexity index is 142. The van der Waals surface area contributed by atoms with Crippen LogP contribution in [0.15, 0.2) is 0 Å². The molecule has 1 nitrogen and oxygen atoms in total. The van der Waals surface area contributed by atoms with Crippen molar-refractivity contribution in [2.45, 2.75) is 45.2 Å². The highest BCUT2D eigenvalue weighted by atomic mass is 35.5. The molecule has 0 heterocycles. The number of alkyl halides is 1. The molecule has 3 heteroatoms. The summed E-state index contributed by atoms with van der Waals surface area (Å²) in [5.74, 6) is 0. The molecular weight excluding hydrogens is 186 g/mol. The zero-order chi connectivity index (χ0) is 9.99. The average molecular weight is 208 g/mol. The van der Waals surface area contributed by atoms with Gasteiger partial charge in [0.1, 0.15) is 0 Å². The van der Waals surface area contributed by atoms with Gasteiger partial charge in [-0.1, -0.05) is 27.7 Å². The van der Waals surface area contributed by atoms with Crippen LogP contribution in [0.4, 0.5) is 0 Å². The van der Waals surface area contributed by atoms with Crippen molar-refractivity contribution >= 4 is 21.8 Å². The average Bonchev–Trinajstić information content (AvgIpc) is 1.85. The van der Waals surface area contributed by atoms with E-state index in [-0.39, 0.29) is 16.0 Å². The van der Waals surface area contributed by atoms with Crippen molar-refractivity contribution in [2.75, 3.05) is 6.54 Å². The van der Waals surface area contributed by atoms with E-state index < -0.39 is 0 Å². The van der Waals surface area contributed by atoms with E-state index in [1.54, 1.807) is 0 Å². The quantitative estimate of drug-likeness (QED) is 0.544. The lowest BCUT2D eigenvalue weighted by molar-refractivity contribution is 0.225. The second-order valence-corrected chi connectivity index (χ2v) is 6.83. The maximum Gasteiger partial charge on any atom is 0.0457 e. The molecule has 0 aliphatic heterocycles. The summed E-state index contributed by atoms with van der Waals surface area (Å²) in [4.78, 5) is 0. The van der Waals surface area contributed by atoms with Crippen molar-refractivity contribution in [3.63, 3.8) is 0 Å². The van der Waals surface area contributed by atoms with Crippen LogP contribution in [0.3, 0.4) is 0 Å². The van der Waals surface area contributed by atoms with Crippen molar-refractivity contribution in [3.8, 4) is 0 Å². The van der Waals surface area contributed by atoms with E-state index in [9.17, 15) is 0 Å². The van der Waals surface area contributed by atoms with Crippen molar-refractivity contribution in [1.82, 2.24) is 5.32 Å². The zero-order valence-corrected chi connectivity index (χ0v) is 11.9. The Balaban J connectivity index is 4.62. The molecule has 0 aliphatic carbocycles. The van der Waals surface area contributed by atoms with E-state index in [2.05, 4.69) is 39.9 Å². The molecule has 0 aliphatic rings. The minimum atomic E-state index is 0.142. The summed E-state index contributed by atoms with van der Waals surface area (Å²) in [5.41, 5.74) is 0.246. The number of hydrogen-bond acceptors (Lipinski definition) is 1. The van der Waals surface area contributed by atoms with E-state index in [1.165, 1.54) is 0 Å². The Morgan fingerprint density at radius 1 is 1.42 bits per heavy atom. The molecule has 2 unspecified atom stereocenters. The van der Waals surface area contributed by atoms with Gasteiger partial charge in [-0.25, -0.2) is 0 Å². The molecule has 0 amide bonds. The van der Waals surface area contributed by atoms with Crippen LogP contribution in [0.2, 0.25) is 0 Å². The highest BCUT2D eigenvalue weighted by Crippen LogP contribution is 2.32. The van der Waals surface area contributed by atoms with Gasteiger partial charge in [0.15, 0.2) is 0 Å². The molecule has 0 bridgehead atoms. The first kappa shape index (κ1) is 12.5. The highest BCUT2D eigenvalue weighted by molar-refractivity contribution is 6.28. The van der Waals surface area contributed by atoms with Gasteiger partial charge < -0.3 is 5.32 Å². The van der Waals surface area contributed by atoms with Crippen LogP contribution in [-0.4, -0.2) is 27.3 Å². The standard InChI is InChI=1S/C9H22ClNSi/c1-6-11-9(12,7(2)10)8(3,4)5/h7,11H,6H2,1-5,12H3. The normalized spacial score (nSPS) is 20.5. The maximum atomic E-state index is 6.22. The smallest absolute Gasteiger partial charge is 0.0457 e. The fourth-order valence-corrected chi connectivity index (χ4v) is 2.13. The molecule has 74 valence electrons. The van der Waals surface area contributed by atoms with E-state index in [1.807, 2.05) is 0 Å². The van der Waals surface area contributed by atoms with E-state index in [0.717, 1.165) is 16.8 Å². The Hall–Kier alpha value is 0.467. The number of rotatable bonds is 3. The lowest BCUT2D eigenvalue weighted by Crippen LogP contribution is -2.60. The van der Waals surface area contributed by atoms with Gasteiger partial charge in [0.2, 0.25) is 0 Å². The predicted octanol–water partition coefficient (Wildman–Crippen LogP) is 1.33. The van der Waals surface area contributed by atoms with Gasteiger partial charge in [-0.2, -0.15) is 0 Å². The van der Waals surface area contributed by atoms with Crippen LogP contribution in [0, 0.1) is 5.41 Å². The molecule has 1 N–H and O–H groups in total. The second kappa shape index (κ2) is 4.12. The third-order valence-electron chi connectivity index (χ3n) is 2.90. The van der Waals surface area contributed by atoms with Gasteiger partial charge in [-0.15, -0.1) is 11.6 Å². The summed E-state index contributed by atoms with van der Waals surface area (Å²) in [6.07, 6.45) is 0. The molecule has 0 saturated carbocycles. The molecule has 0 saturated heterocycles. The highest BCUT2D eigenvalue weighted by Gasteiger charge is 2.40. The first-order chi connectivity index (χ1) is 5.25. The van der Waals surface area contributed by atoms with Gasteiger partial charge in [0.25, 0.3) is 0 Å². The minimum Gasteiger partial charge on any atom is -0.313 e. The summed E-state index contributed by atoms with van der Waals surface area (Å²) in [7, 11) is 1.08. The molecule has 12 heavy (non-hydrogen) atoms. The molecular formula is C9H22ClNSi. The van der Waals surface area contributed by atoms with E-state index >= 15 is 0 Å². The molecule has 0 radical (unpaired) electrons. The summed E-state index contributed by atoms with van der Waals surface area (Å²) in [5, 5.41) is 3.87. The zero-order valence-electron chi connectivity index (χ0n) is 9.16. The van der Waals surface area contributed by atoms with Crippen molar-refractivity contribution in [3.05, 3.63) is 0 Å². The number of halogens is 1. The summed E-state index contributed by atoms with van der Waals surface area (Å²) >= 11 is 6.22. The summed E-state index contributed by atoms with van der Waals surface area (Å²) < 4.78 is 0. The predicted molar refractivity (Wildman–Crippen MR) is 61.1 cm³/mol. The molecule has 0 spiro atoms. The Kier molecular flexibility index (Phi) is 4.28. The number of nitrogens with one attached hydrogen (secondary N) is 1. The van der Waals surface area contributed by atoms with Crippen molar-refractivity contribution < 1.29 is 0 Å². The van der Waals surface area contributed by atoms with Crippen molar-refractivity contribution in [2.24, 2.45) is 5.41 Å². The maximum absolute atomic E-state index is 6.22. The largest absolute Gasteiger partial charge is 0.313 e. The lowest BCUT2D eigenvalue weighted by Gasteiger charge is -2.45. The third kappa shape index (κ3) is 2.48. The molecule has 0 aromatic heterocycles. The van der Waals surface area contributed by atoms with Gasteiger partial charge in [0, 0.05) is 20.8 Å². The fraction of sp³-hybridized carbons (Fsp3) is 1.00. The Morgan fingerprint density at radius 2 is 1.83 bits per heavy atom. The minimum absolute atomic E-state index is 0.142. The van der Waals surface area contributed by atoms with Crippen molar-refractivity contribution in [1.29, 1.82) is 0 Å². The molecule has 0 aromatic carbocycles. The molecule has 2 atom stereocenters. The molecule has 0 aromatic rings. The van der Waals surface area contributed by atoms with Gasteiger partial charge in [-0.05, 0) is 18.9 Å². The summed E-state index contributed by atoms with van der Waals surface area (Å²) in [6, 6.07) is 0. The van der Waals surface area contributed by atoms with Gasteiger partial charge in [0.05, 0.1) is 0 Å². The SMILES string of the molecule is CCNC([SiH3])(C(C)Cl)C(C)(C)C. The van der Waals surface area contributed by atoms with Gasteiger partial charge >= 0.3 is 0 Å². The van der Waals surface area contributed by atoms with Crippen LogP contribution in [0.25, 0.3) is 0 Å². The lowest BCUT2D eigenvalue weighted by atomic mass is 9.83. The van der Waals surface area contributed by atoms with Crippen LogP contribution in [0.1, 0.15) is 34.6 Å². The van der Waals surface area contributed by atoms with Crippen LogP contribution < -0.4 is 5.32 Å². The third-order valence-corrected chi connectivity index (χ3v) is 6.42. The number of hydrogen-bond donors (Lipinski definition) is 1. The Labute approximate surface area is 84.7 Å². The van der Waals surface area contributed by atoms with Crippen LogP contribution in [0.5, 0.6) is 0 Å². The first-order valence-electron chi connectivity index (χ1n) is 4.64. The van der Waals surface area contributed by atoms with E-state index in [4.69, 9.17) is 11.6 Å². The van der Waals surface area contributed by atoms with E-state index in [0.29, 0.717) is 0 Å².